The molecule has 0 spiro atoms. The molecule has 0 radical (unpaired) electrons. The van der Waals surface area contributed by atoms with E-state index in [0.29, 0.717) is 32.2 Å². The maximum absolute atomic E-state index is 11.4. The fraction of sp³-hybridized carbons (Fsp3) is 0.455. The molecule has 3 rings (SSSR count). The second-order valence-electron chi connectivity index (χ2n) is 4.45. The summed E-state index contributed by atoms with van der Waals surface area (Å²) in [4.78, 5) is 23.3. The summed E-state index contributed by atoms with van der Waals surface area (Å²) in [6, 6.07) is 1.96. The van der Waals surface area contributed by atoms with E-state index in [1.165, 1.54) is 6.20 Å². The van der Waals surface area contributed by atoms with E-state index in [4.69, 9.17) is 15.7 Å². The number of nitrogens with two attached hydrogens (primary N) is 1. The molecule has 2 saturated heterocycles. The van der Waals surface area contributed by atoms with Gasteiger partial charge in [-0.2, -0.15) is 10.2 Å². The topological polar surface area (TPSA) is 108 Å². The average molecular weight is 260 g/mol. The van der Waals surface area contributed by atoms with Crippen molar-refractivity contribution < 1.29 is 9.53 Å². The second-order valence-corrected chi connectivity index (χ2v) is 4.45. The Kier molecular flexibility index (Phi) is 2.59. The Balaban J connectivity index is 1.79. The Labute approximate surface area is 109 Å². The summed E-state index contributed by atoms with van der Waals surface area (Å²) in [5.41, 5.74) is 5.94. The van der Waals surface area contributed by atoms with Gasteiger partial charge in [-0.15, -0.1) is 0 Å². The van der Waals surface area contributed by atoms with Crippen LogP contribution in [0.25, 0.3) is 0 Å². The van der Waals surface area contributed by atoms with E-state index < -0.39 is 0 Å². The van der Waals surface area contributed by atoms with Crippen molar-refractivity contribution in [2.75, 3.05) is 36.9 Å². The molecule has 0 saturated carbocycles. The first-order valence-electron chi connectivity index (χ1n) is 5.90. The predicted molar refractivity (Wildman–Crippen MR) is 65.2 cm³/mol. The molecule has 2 aliphatic heterocycles. The predicted octanol–water partition coefficient (Wildman–Crippen LogP) is -0.429. The van der Waals surface area contributed by atoms with Crippen molar-refractivity contribution in [2.45, 2.75) is 6.04 Å². The van der Waals surface area contributed by atoms with Crippen LogP contribution >= 0.6 is 0 Å². The number of nitrogen functional groups attached to an aromatic ring is 1. The lowest BCUT2D eigenvalue weighted by molar-refractivity contribution is 0.157. The fourth-order valence-corrected chi connectivity index (χ4v) is 2.29. The van der Waals surface area contributed by atoms with Crippen LogP contribution in [-0.4, -0.2) is 53.2 Å². The Bertz CT molecular complexity index is 569. The van der Waals surface area contributed by atoms with E-state index in [-0.39, 0.29) is 23.5 Å². The SMILES string of the molecule is N#Cc1cnc(N2CCN3C(=O)OC[C@H]3C2)nc1N. The van der Waals surface area contributed by atoms with Crippen LogP contribution in [0.2, 0.25) is 0 Å². The van der Waals surface area contributed by atoms with E-state index in [2.05, 4.69) is 9.97 Å². The van der Waals surface area contributed by atoms with Crippen LogP contribution in [0.1, 0.15) is 5.56 Å². The van der Waals surface area contributed by atoms with Crippen molar-refractivity contribution in [3.63, 3.8) is 0 Å². The summed E-state index contributed by atoms with van der Waals surface area (Å²) in [7, 11) is 0. The van der Waals surface area contributed by atoms with Crippen LogP contribution in [0.5, 0.6) is 0 Å². The summed E-state index contributed by atoms with van der Waals surface area (Å²) in [5, 5.41) is 8.79. The highest BCUT2D eigenvalue weighted by molar-refractivity contribution is 5.70. The molecule has 19 heavy (non-hydrogen) atoms. The Morgan fingerprint density at radius 3 is 3.11 bits per heavy atom. The van der Waals surface area contributed by atoms with Gasteiger partial charge in [0.2, 0.25) is 5.95 Å². The zero-order valence-electron chi connectivity index (χ0n) is 10.1. The van der Waals surface area contributed by atoms with Crippen LogP contribution in [-0.2, 0) is 4.74 Å². The van der Waals surface area contributed by atoms with Gasteiger partial charge in [-0.25, -0.2) is 9.78 Å². The van der Waals surface area contributed by atoms with E-state index in [1.54, 1.807) is 4.90 Å². The van der Waals surface area contributed by atoms with Crippen molar-refractivity contribution in [3.05, 3.63) is 11.8 Å². The van der Waals surface area contributed by atoms with Crippen LogP contribution in [0, 0.1) is 11.3 Å². The number of cyclic esters (lactones) is 1. The van der Waals surface area contributed by atoms with Gasteiger partial charge in [0.25, 0.3) is 0 Å². The molecule has 2 fully saturated rings. The maximum atomic E-state index is 11.4. The number of nitriles is 1. The minimum atomic E-state index is -0.259. The van der Waals surface area contributed by atoms with Crippen molar-refractivity contribution in [1.82, 2.24) is 14.9 Å². The zero-order chi connectivity index (χ0) is 13.4. The highest BCUT2D eigenvalue weighted by atomic mass is 16.6. The Hall–Kier alpha value is -2.56. The monoisotopic (exact) mass is 260 g/mol. The van der Waals surface area contributed by atoms with Gasteiger partial charge in [0.05, 0.1) is 12.2 Å². The van der Waals surface area contributed by atoms with Crippen molar-refractivity contribution in [1.29, 1.82) is 5.26 Å². The number of hydrogen-bond donors (Lipinski definition) is 1. The third-order valence-electron chi connectivity index (χ3n) is 3.33. The molecule has 0 bridgehead atoms. The van der Waals surface area contributed by atoms with E-state index in [1.807, 2.05) is 11.0 Å². The van der Waals surface area contributed by atoms with E-state index >= 15 is 0 Å². The number of amides is 1. The van der Waals surface area contributed by atoms with Crippen molar-refractivity contribution in [3.8, 4) is 6.07 Å². The molecule has 8 nitrogen and oxygen atoms in total. The highest BCUT2D eigenvalue weighted by Crippen LogP contribution is 2.21. The number of carbonyl (C=O) groups excluding carboxylic acids is 1. The van der Waals surface area contributed by atoms with Crippen LogP contribution in [0.3, 0.4) is 0 Å². The molecule has 2 aliphatic rings. The standard InChI is InChI=1S/C11H12N6O2/c12-3-7-4-14-10(15-9(7)13)16-1-2-17-8(5-16)6-19-11(17)18/h4,8H,1-2,5-6H2,(H2,13,14,15)/t8-/m1/s1. The van der Waals surface area contributed by atoms with Crippen LogP contribution in [0.15, 0.2) is 6.20 Å². The number of carbonyl (C=O) groups is 1. The lowest BCUT2D eigenvalue weighted by Gasteiger charge is -2.35. The van der Waals surface area contributed by atoms with Crippen molar-refractivity contribution in [2.24, 2.45) is 0 Å². The molecular weight excluding hydrogens is 248 g/mol. The first-order valence-corrected chi connectivity index (χ1v) is 5.90. The zero-order valence-corrected chi connectivity index (χ0v) is 10.1. The summed E-state index contributed by atoms with van der Waals surface area (Å²) < 4.78 is 5.00. The Morgan fingerprint density at radius 2 is 2.37 bits per heavy atom. The smallest absolute Gasteiger partial charge is 0.410 e. The van der Waals surface area contributed by atoms with Gasteiger partial charge in [-0.05, 0) is 0 Å². The summed E-state index contributed by atoms with van der Waals surface area (Å²) in [5.74, 6) is 0.657. The van der Waals surface area contributed by atoms with Gasteiger partial charge < -0.3 is 15.4 Å². The molecule has 0 aromatic carbocycles. The third kappa shape index (κ3) is 1.89. The number of rotatable bonds is 1. The summed E-state index contributed by atoms with van der Waals surface area (Å²) in [6.07, 6.45) is 1.16. The molecule has 1 aromatic heterocycles. The average Bonchev–Trinajstić information content (AvgIpc) is 2.80. The maximum Gasteiger partial charge on any atom is 0.410 e. The molecule has 2 N–H and O–H groups in total. The second kappa shape index (κ2) is 4.28. The lowest BCUT2D eigenvalue weighted by atomic mass is 10.2. The molecule has 1 aromatic rings. The molecule has 8 heteroatoms. The Morgan fingerprint density at radius 1 is 1.53 bits per heavy atom. The number of nitrogens with zero attached hydrogens (tertiary/aromatic N) is 5. The van der Waals surface area contributed by atoms with Crippen molar-refractivity contribution >= 4 is 17.9 Å². The molecule has 0 unspecified atom stereocenters. The first-order chi connectivity index (χ1) is 9.19. The number of hydrogen-bond acceptors (Lipinski definition) is 7. The van der Waals surface area contributed by atoms with E-state index in [9.17, 15) is 4.79 Å². The largest absolute Gasteiger partial charge is 0.447 e. The van der Waals surface area contributed by atoms with Gasteiger partial charge >= 0.3 is 6.09 Å². The van der Waals surface area contributed by atoms with Crippen LogP contribution < -0.4 is 10.6 Å². The fourth-order valence-electron chi connectivity index (χ4n) is 2.29. The summed E-state index contributed by atoms with van der Waals surface area (Å²) in [6.45, 7) is 2.20. The van der Waals surface area contributed by atoms with Gasteiger partial charge in [0, 0.05) is 19.6 Å². The third-order valence-corrected chi connectivity index (χ3v) is 3.33. The molecule has 3 heterocycles. The van der Waals surface area contributed by atoms with Crippen LogP contribution in [0.4, 0.5) is 16.6 Å². The van der Waals surface area contributed by atoms with Gasteiger partial charge in [-0.1, -0.05) is 0 Å². The molecular formula is C11H12N6O2. The normalized spacial score (nSPS) is 21.8. The van der Waals surface area contributed by atoms with E-state index in [0.717, 1.165) is 0 Å². The minimum absolute atomic E-state index is 0.0294. The summed E-state index contributed by atoms with van der Waals surface area (Å²) >= 11 is 0. The van der Waals surface area contributed by atoms with Gasteiger partial charge in [-0.3, -0.25) is 4.90 Å². The first kappa shape index (κ1) is 11.5. The molecule has 1 amide bonds. The highest BCUT2D eigenvalue weighted by Gasteiger charge is 2.38. The number of fused-ring (bicyclic) bond motifs is 1. The quantitative estimate of drug-likeness (QED) is 0.729. The molecule has 1 atom stereocenters. The number of piperazine rings is 1. The molecule has 98 valence electrons. The molecule has 0 aliphatic carbocycles. The number of ether oxygens (including phenoxy) is 1. The van der Waals surface area contributed by atoms with Gasteiger partial charge in [0.1, 0.15) is 24.1 Å². The number of anilines is 2. The lowest BCUT2D eigenvalue weighted by Crippen LogP contribution is -2.52. The minimum Gasteiger partial charge on any atom is -0.447 e. The number of aromatic nitrogens is 2. The van der Waals surface area contributed by atoms with Gasteiger partial charge in [0.15, 0.2) is 0 Å².